The summed E-state index contributed by atoms with van der Waals surface area (Å²) in [4.78, 5) is 0. The SMILES string of the molecule is CCCOc1c(Br)cc(CNCCNCCO)cc1OCC. The van der Waals surface area contributed by atoms with Crippen LogP contribution >= 0.6 is 15.9 Å². The van der Waals surface area contributed by atoms with Crippen molar-refractivity contribution in [3.63, 3.8) is 0 Å². The smallest absolute Gasteiger partial charge is 0.175 e. The van der Waals surface area contributed by atoms with Gasteiger partial charge in [0, 0.05) is 26.2 Å². The van der Waals surface area contributed by atoms with Crippen molar-refractivity contribution in [1.29, 1.82) is 0 Å². The molecule has 0 amide bonds. The van der Waals surface area contributed by atoms with Gasteiger partial charge in [0.1, 0.15) is 0 Å². The molecular weight excluding hydrogens is 348 g/mol. The first kappa shape index (κ1) is 19.2. The van der Waals surface area contributed by atoms with Crippen LogP contribution in [0.15, 0.2) is 16.6 Å². The normalized spacial score (nSPS) is 10.7. The maximum atomic E-state index is 8.69. The molecule has 0 saturated carbocycles. The van der Waals surface area contributed by atoms with E-state index in [0.717, 1.165) is 47.6 Å². The summed E-state index contributed by atoms with van der Waals surface area (Å²) in [5.74, 6) is 1.55. The first-order valence-electron chi connectivity index (χ1n) is 7.83. The third-order valence-corrected chi connectivity index (χ3v) is 3.50. The van der Waals surface area contributed by atoms with Gasteiger partial charge in [0.05, 0.1) is 24.3 Å². The molecule has 3 N–H and O–H groups in total. The standard InChI is InChI=1S/C16H27BrN2O3/c1-3-9-22-16-14(17)10-13(11-15(16)21-4-2)12-19-6-5-18-7-8-20/h10-11,18-20H,3-9,12H2,1-2H3. The molecule has 0 aromatic heterocycles. The van der Waals surface area contributed by atoms with E-state index in [0.29, 0.717) is 19.8 Å². The molecule has 0 unspecified atom stereocenters. The molecule has 0 aliphatic rings. The van der Waals surface area contributed by atoms with Crippen molar-refractivity contribution >= 4 is 15.9 Å². The van der Waals surface area contributed by atoms with E-state index in [9.17, 15) is 0 Å². The van der Waals surface area contributed by atoms with Crippen molar-refractivity contribution in [3.05, 3.63) is 22.2 Å². The number of aliphatic hydroxyl groups excluding tert-OH is 1. The Kier molecular flexibility index (Phi) is 10.2. The quantitative estimate of drug-likeness (QED) is 0.490. The van der Waals surface area contributed by atoms with E-state index in [1.54, 1.807) is 0 Å². The summed E-state index contributed by atoms with van der Waals surface area (Å²) >= 11 is 3.57. The Bertz CT molecular complexity index is 430. The van der Waals surface area contributed by atoms with E-state index >= 15 is 0 Å². The van der Waals surface area contributed by atoms with Gasteiger partial charge in [-0.3, -0.25) is 0 Å². The fourth-order valence-electron chi connectivity index (χ4n) is 1.94. The van der Waals surface area contributed by atoms with Crippen molar-refractivity contribution in [2.75, 3.05) is 39.5 Å². The zero-order valence-electron chi connectivity index (χ0n) is 13.5. The third-order valence-electron chi connectivity index (χ3n) is 2.92. The Morgan fingerprint density at radius 1 is 1.09 bits per heavy atom. The number of hydrogen-bond donors (Lipinski definition) is 3. The van der Waals surface area contributed by atoms with Crippen LogP contribution in [0.1, 0.15) is 25.8 Å². The van der Waals surface area contributed by atoms with Crippen LogP contribution in [0.4, 0.5) is 0 Å². The maximum absolute atomic E-state index is 8.69. The zero-order valence-corrected chi connectivity index (χ0v) is 15.0. The molecule has 0 fully saturated rings. The van der Waals surface area contributed by atoms with Gasteiger partial charge < -0.3 is 25.2 Å². The average Bonchev–Trinajstić information content (AvgIpc) is 2.50. The minimum Gasteiger partial charge on any atom is -0.490 e. The lowest BCUT2D eigenvalue weighted by Gasteiger charge is -2.15. The highest BCUT2D eigenvalue weighted by Crippen LogP contribution is 2.37. The van der Waals surface area contributed by atoms with Crippen LogP contribution in [0.3, 0.4) is 0 Å². The number of nitrogens with one attached hydrogen (secondary N) is 2. The second-order valence-electron chi connectivity index (χ2n) is 4.84. The topological polar surface area (TPSA) is 62.8 Å². The van der Waals surface area contributed by atoms with Crippen LogP contribution in [0.2, 0.25) is 0 Å². The van der Waals surface area contributed by atoms with E-state index in [1.165, 1.54) is 0 Å². The number of benzene rings is 1. The Morgan fingerprint density at radius 2 is 1.86 bits per heavy atom. The summed E-state index contributed by atoms with van der Waals surface area (Å²) in [7, 11) is 0. The second kappa shape index (κ2) is 11.7. The third kappa shape index (κ3) is 6.96. The van der Waals surface area contributed by atoms with Gasteiger partial charge in [-0.2, -0.15) is 0 Å². The molecule has 1 rings (SSSR count). The Hall–Kier alpha value is -0.820. The Labute approximate surface area is 141 Å². The monoisotopic (exact) mass is 374 g/mol. The van der Waals surface area contributed by atoms with Gasteiger partial charge in [-0.1, -0.05) is 6.92 Å². The molecule has 0 aliphatic carbocycles. The van der Waals surface area contributed by atoms with Gasteiger partial charge in [0.25, 0.3) is 0 Å². The molecule has 1 aromatic carbocycles. The minimum absolute atomic E-state index is 0.171. The lowest BCUT2D eigenvalue weighted by atomic mass is 10.2. The van der Waals surface area contributed by atoms with Gasteiger partial charge in [-0.25, -0.2) is 0 Å². The number of ether oxygens (including phenoxy) is 2. The number of hydrogen-bond acceptors (Lipinski definition) is 5. The molecule has 0 atom stereocenters. The number of rotatable bonds is 12. The molecule has 0 bridgehead atoms. The second-order valence-corrected chi connectivity index (χ2v) is 5.69. The maximum Gasteiger partial charge on any atom is 0.175 e. The van der Waals surface area contributed by atoms with Gasteiger partial charge in [-0.05, 0) is 47.0 Å². The molecular formula is C16H27BrN2O3. The highest BCUT2D eigenvalue weighted by molar-refractivity contribution is 9.10. The highest BCUT2D eigenvalue weighted by atomic mass is 79.9. The molecule has 126 valence electrons. The van der Waals surface area contributed by atoms with Crippen molar-refractivity contribution in [3.8, 4) is 11.5 Å². The van der Waals surface area contributed by atoms with Gasteiger partial charge >= 0.3 is 0 Å². The van der Waals surface area contributed by atoms with Crippen LogP contribution in [0.25, 0.3) is 0 Å². The fraction of sp³-hybridized carbons (Fsp3) is 0.625. The average molecular weight is 375 g/mol. The van der Waals surface area contributed by atoms with Crippen LogP contribution in [0.5, 0.6) is 11.5 Å². The van der Waals surface area contributed by atoms with E-state index < -0.39 is 0 Å². The summed E-state index contributed by atoms with van der Waals surface area (Å²) in [6.07, 6.45) is 0.960. The van der Waals surface area contributed by atoms with Gasteiger partial charge in [-0.15, -0.1) is 0 Å². The molecule has 0 saturated heterocycles. The predicted octanol–water partition coefficient (Wildman–Crippen LogP) is 2.31. The van der Waals surface area contributed by atoms with Gasteiger partial charge in [0.15, 0.2) is 11.5 Å². The van der Waals surface area contributed by atoms with E-state index in [4.69, 9.17) is 14.6 Å². The summed E-state index contributed by atoms with van der Waals surface area (Å²) < 4.78 is 12.4. The highest BCUT2D eigenvalue weighted by Gasteiger charge is 2.12. The summed E-state index contributed by atoms with van der Waals surface area (Å²) in [6, 6.07) is 4.08. The molecule has 0 aliphatic heterocycles. The van der Waals surface area contributed by atoms with Crippen molar-refractivity contribution < 1.29 is 14.6 Å². The first-order valence-corrected chi connectivity index (χ1v) is 8.62. The Balaban J connectivity index is 2.60. The molecule has 0 heterocycles. The predicted molar refractivity (Wildman–Crippen MR) is 92.8 cm³/mol. The van der Waals surface area contributed by atoms with Gasteiger partial charge in [0.2, 0.25) is 0 Å². The lowest BCUT2D eigenvalue weighted by Crippen LogP contribution is -2.28. The molecule has 22 heavy (non-hydrogen) atoms. The van der Waals surface area contributed by atoms with Crippen LogP contribution in [-0.2, 0) is 6.54 Å². The zero-order chi connectivity index (χ0) is 16.2. The summed E-state index contributed by atoms with van der Waals surface area (Å²) in [5, 5.41) is 15.2. The first-order chi connectivity index (χ1) is 10.7. The van der Waals surface area contributed by atoms with E-state index in [-0.39, 0.29) is 6.61 Å². The van der Waals surface area contributed by atoms with Crippen LogP contribution in [0, 0.1) is 0 Å². The fourth-order valence-corrected chi connectivity index (χ4v) is 2.55. The van der Waals surface area contributed by atoms with Crippen LogP contribution in [-0.4, -0.2) is 44.6 Å². The Morgan fingerprint density at radius 3 is 2.55 bits per heavy atom. The number of aliphatic hydroxyl groups is 1. The largest absolute Gasteiger partial charge is 0.490 e. The van der Waals surface area contributed by atoms with Crippen molar-refractivity contribution in [2.45, 2.75) is 26.8 Å². The summed E-state index contributed by atoms with van der Waals surface area (Å²) in [5.41, 5.74) is 1.14. The molecule has 6 heteroatoms. The lowest BCUT2D eigenvalue weighted by molar-refractivity contribution is 0.275. The molecule has 0 radical (unpaired) electrons. The van der Waals surface area contributed by atoms with Crippen LogP contribution < -0.4 is 20.1 Å². The minimum atomic E-state index is 0.171. The molecule has 0 spiro atoms. The van der Waals surface area contributed by atoms with E-state index in [2.05, 4.69) is 39.6 Å². The van der Waals surface area contributed by atoms with Crippen molar-refractivity contribution in [1.82, 2.24) is 10.6 Å². The van der Waals surface area contributed by atoms with E-state index in [1.807, 2.05) is 13.0 Å². The summed E-state index contributed by atoms with van der Waals surface area (Å²) in [6.45, 7) is 8.56. The molecule has 5 nitrogen and oxygen atoms in total. The van der Waals surface area contributed by atoms with Crippen molar-refractivity contribution in [2.24, 2.45) is 0 Å². The molecule has 1 aromatic rings. The number of halogens is 1.